The van der Waals surface area contributed by atoms with Crippen LogP contribution in [0.2, 0.25) is 0 Å². The van der Waals surface area contributed by atoms with E-state index in [1.54, 1.807) is 6.92 Å². The number of methoxy groups -OCH3 is 1. The highest BCUT2D eigenvalue weighted by molar-refractivity contribution is 7.98. The maximum absolute atomic E-state index is 12.2. The minimum absolute atomic E-state index is 0.0109. The highest BCUT2D eigenvalue weighted by Gasteiger charge is 2.21. The lowest BCUT2D eigenvalue weighted by Crippen LogP contribution is -2.34. The molecule has 1 rings (SSSR count). The molecule has 0 aromatic heterocycles. The van der Waals surface area contributed by atoms with Crippen molar-refractivity contribution in [3.05, 3.63) is 23.8 Å². The zero-order valence-corrected chi connectivity index (χ0v) is 13.2. The normalized spacial score (nSPS) is 12.9. The number of hydrogen-bond acceptors (Lipinski definition) is 6. The molecule has 1 aromatic carbocycles. The summed E-state index contributed by atoms with van der Waals surface area (Å²) in [6.45, 7) is 1.77. The highest BCUT2D eigenvalue weighted by atomic mass is 32.2. The van der Waals surface area contributed by atoms with Crippen molar-refractivity contribution in [2.75, 3.05) is 24.9 Å². The number of sulfonamides is 1. The first-order valence-electron chi connectivity index (χ1n) is 5.81. The molecule has 0 bridgehead atoms. The third kappa shape index (κ3) is 4.12. The monoisotopic (exact) mass is 318 g/mol. The van der Waals surface area contributed by atoms with E-state index in [4.69, 9.17) is 5.73 Å². The van der Waals surface area contributed by atoms with Crippen LogP contribution in [0.5, 0.6) is 0 Å². The van der Waals surface area contributed by atoms with Gasteiger partial charge >= 0.3 is 5.97 Å². The van der Waals surface area contributed by atoms with Crippen molar-refractivity contribution in [1.29, 1.82) is 0 Å². The molecule has 20 heavy (non-hydrogen) atoms. The quantitative estimate of drug-likeness (QED) is 0.602. The van der Waals surface area contributed by atoms with Crippen molar-refractivity contribution in [2.45, 2.75) is 17.9 Å². The van der Waals surface area contributed by atoms with E-state index in [9.17, 15) is 13.2 Å². The molecule has 0 heterocycles. The molecule has 0 amide bonds. The zero-order valence-electron chi connectivity index (χ0n) is 11.5. The number of carbonyl (C=O) groups is 1. The summed E-state index contributed by atoms with van der Waals surface area (Å²) < 4.78 is 31.4. The van der Waals surface area contributed by atoms with Gasteiger partial charge in [-0.15, -0.1) is 0 Å². The van der Waals surface area contributed by atoms with Gasteiger partial charge in [0.05, 0.1) is 18.4 Å². The Kier molecular flexibility index (Phi) is 5.85. The van der Waals surface area contributed by atoms with Gasteiger partial charge in [0.15, 0.2) is 0 Å². The van der Waals surface area contributed by atoms with E-state index < -0.39 is 16.0 Å². The number of rotatable bonds is 6. The lowest BCUT2D eigenvalue weighted by Gasteiger charge is -2.14. The third-order valence-electron chi connectivity index (χ3n) is 2.49. The van der Waals surface area contributed by atoms with Gasteiger partial charge < -0.3 is 10.5 Å². The van der Waals surface area contributed by atoms with Gasteiger partial charge in [0.25, 0.3) is 0 Å². The molecule has 0 spiro atoms. The summed E-state index contributed by atoms with van der Waals surface area (Å²) in [4.78, 5) is 11.3. The number of anilines is 1. The summed E-state index contributed by atoms with van der Waals surface area (Å²) in [5.41, 5.74) is 5.94. The van der Waals surface area contributed by atoms with E-state index in [0.29, 0.717) is 5.75 Å². The van der Waals surface area contributed by atoms with Gasteiger partial charge in [-0.2, -0.15) is 11.8 Å². The minimum Gasteiger partial charge on any atom is -0.465 e. The Morgan fingerprint density at radius 1 is 1.50 bits per heavy atom. The van der Waals surface area contributed by atoms with Crippen LogP contribution in [0, 0.1) is 0 Å². The van der Waals surface area contributed by atoms with Crippen molar-refractivity contribution in [3.63, 3.8) is 0 Å². The fourth-order valence-electron chi connectivity index (χ4n) is 1.65. The predicted molar refractivity (Wildman–Crippen MR) is 80.4 cm³/mol. The molecule has 0 saturated carbocycles. The molecule has 112 valence electrons. The largest absolute Gasteiger partial charge is 0.465 e. The van der Waals surface area contributed by atoms with Crippen molar-refractivity contribution in [3.8, 4) is 0 Å². The fraction of sp³-hybridized carbons (Fsp3) is 0.417. The summed E-state index contributed by atoms with van der Waals surface area (Å²) in [5.74, 6) is 0.0868. The van der Waals surface area contributed by atoms with Crippen molar-refractivity contribution in [2.24, 2.45) is 0 Å². The second-order valence-electron chi connectivity index (χ2n) is 4.22. The summed E-state index contributed by atoms with van der Waals surface area (Å²) >= 11 is 1.54. The Balaban J connectivity index is 3.05. The Morgan fingerprint density at radius 2 is 2.15 bits per heavy atom. The van der Waals surface area contributed by atoms with Gasteiger partial charge in [0.2, 0.25) is 10.0 Å². The topological polar surface area (TPSA) is 98.5 Å². The van der Waals surface area contributed by atoms with E-state index in [0.717, 1.165) is 0 Å². The number of nitrogens with two attached hydrogens (primary N) is 1. The first-order chi connectivity index (χ1) is 9.31. The molecule has 1 aromatic rings. The molecule has 8 heteroatoms. The lowest BCUT2D eigenvalue weighted by atomic mass is 10.2. The van der Waals surface area contributed by atoms with E-state index in [1.165, 1.54) is 37.1 Å². The van der Waals surface area contributed by atoms with Crippen LogP contribution < -0.4 is 10.5 Å². The number of benzene rings is 1. The molecule has 0 aliphatic heterocycles. The highest BCUT2D eigenvalue weighted by Crippen LogP contribution is 2.20. The van der Waals surface area contributed by atoms with Crippen LogP contribution in [-0.2, 0) is 14.8 Å². The van der Waals surface area contributed by atoms with Gasteiger partial charge in [-0.05, 0) is 31.4 Å². The third-order valence-corrected chi connectivity index (χ3v) is 4.99. The van der Waals surface area contributed by atoms with Crippen LogP contribution in [0.3, 0.4) is 0 Å². The number of esters is 1. The molecule has 6 nitrogen and oxygen atoms in total. The number of thioether (sulfide) groups is 1. The molecule has 0 aliphatic rings. The maximum atomic E-state index is 12.2. The Bertz CT molecular complexity index is 587. The van der Waals surface area contributed by atoms with E-state index >= 15 is 0 Å². The number of ether oxygens (including phenoxy) is 1. The fourth-order valence-corrected chi connectivity index (χ4v) is 3.70. The van der Waals surface area contributed by atoms with Crippen LogP contribution in [0.1, 0.15) is 17.3 Å². The first kappa shape index (κ1) is 16.8. The van der Waals surface area contributed by atoms with Gasteiger partial charge in [0, 0.05) is 11.8 Å². The average molecular weight is 318 g/mol. The predicted octanol–water partition coefficient (Wildman–Crippen LogP) is 1.09. The van der Waals surface area contributed by atoms with Crippen molar-refractivity contribution < 1.29 is 17.9 Å². The maximum Gasteiger partial charge on any atom is 0.337 e. The zero-order chi connectivity index (χ0) is 15.3. The first-order valence-corrected chi connectivity index (χ1v) is 8.68. The summed E-state index contributed by atoms with van der Waals surface area (Å²) in [5, 5.41) is 0. The Labute approximate surface area is 123 Å². The van der Waals surface area contributed by atoms with Crippen LogP contribution in [-0.4, -0.2) is 39.5 Å². The Morgan fingerprint density at radius 3 is 2.65 bits per heavy atom. The van der Waals surface area contributed by atoms with Crippen molar-refractivity contribution >= 4 is 33.4 Å². The van der Waals surface area contributed by atoms with Gasteiger partial charge in [-0.3, -0.25) is 0 Å². The molecular formula is C12H18N2O4S2. The molecule has 3 N–H and O–H groups in total. The smallest absolute Gasteiger partial charge is 0.337 e. The van der Waals surface area contributed by atoms with Crippen LogP contribution in [0.4, 0.5) is 5.69 Å². The van der Waals surface area contributed by atoms with E-state index in [-0.39, 0.29) is 22.2 Å². The number of carbonyl (C=O) groups excluding carboxylic acids is 1. The van der Waals surface area contributed by atoms with Gasteiger partial charge in [0.1, 0.15) is 4.90 Å². The van der Waals surface area contributed by atoms with Crippen LogP contribution >= 0.6 is 11.8 Å². The summed E-state index contributed by atoms with van der Waals surface area (Å²) in [7, 11) is -2.46. The molecule has 0 fully saturated rings. The minimum atomic E-state index is -3.70. The number of hydrogen-bond donors (Lipinski definition) is 2. The number of nitrogen functional groups attached to an aromatic ring is 1. The molecule has 0 aliphatic carbocycles. The van der Waals surface area contributed by atoms with Crippen LogP contribution in [0.15, 0.2) is 23.1 Å². The Hall–Kier alpha value is -1.25. The van der Waals surface area contributed by atoms with Crippen LogP contribution in [0.25, 0.3) is 0 Å². The summed E-state index contributed by atoms with van der Waals surface area (Å²) in [6, 6.07) is 3.75. The average Bonchev–Trinajstić information content (AvgIpc) is 2.36. The second-order valence-corrected chi connectivity index (χ2v) is 6.81. The standard InChI is InChI=1S/C12H18N2O4S2/c1-8(7-19-3)14-20(16,17)11-5-4-9(6-10(11)13)12(15)18-2/h4-6,8,14H,7,13H2,1-3H3. The van der Waals surface area contributed by atoms with Gasteiger partial charge in [-0.1, -0.05) is 0 Å². The van der Waals surface area contributed by atoms with E-state index in [2.05, 4.69) is 9.46 Å². The SMILES string of the molecule is COC(=O)c1ccc(S(=O)(=O)NC(C)CSC)c(N)c1. The number of nitrogens with one attached hydrogen (secondary N) is 1. The molecule has 0 radical (unpaired) electrons. The van der Waals surface area contributed by atoms with Gasteiger partial charge in [-0.25, -0.2) is 17.9 Å². The lowest BCUT2D eigenvalue weighted by molar-refractivity contribution is 0.0600. The summed E-state index contributed by atoms with van der Waals surface area (Å²) in [6.07, 6.45) is 1.89. The van der Waals surface area contributed by atoms with E-state index in [1.807, 2.05) is 6.26 Å². The van der Waals surface area contributed by atoms with Crippen molar-refractivity contribution in [1.82, 2.24) is 4.72 Å². The molecular weight excluding hydrogens is 300 g/mol. The molecule has 0 saturated heterocycles. The molecule has 1 unspecified atom stereocenters. The molecule has 1 atom stereocenters. The second kappa shape index (κ2) is 6.96.